The third-order valence-corrected chi connectivity index (χ3v) is 7.32. The van der Waals surface area contributed by atoms with Gasteiger partial charge in [0.2, 0.25) is 5.91 Å². The molecule has 3 heterocycles. The van der Waals surface area contributed by atoms with Crippen LogP contribution in [0.1, 0.15) is 42.2 Å². The van der Waals surface area contributed by atoms with E-state index in [0.29, 0.717) is 12.3 Å². The molecule has 1 N–H and O–H groups in total. The fourth-order valence-corrected chi connectivity index (χ4v) is 5.41. The topological polar surface area (TPSA) is 66.3 Å². The number of pyridine rings is 1. The highest BCUT2D eigenvalue weighted by molar-refractivity contribution is 7.10. The van der Waals surface area contributed by atoms with Crippen molar-refractivity contribution in [1.29, 1.82) is 5.41 Å². The lowest BCUT2D eigenvalue weighted by atomic mass is 9.67. The van der Waals surface area contributed by atoms with Gasteiger partial charge in [0, 0.05) is 47.3 Å². The molecule has 1 fully saturated rings. The van der Waals surface area contributed by atoms with Crippen LogP contribution in [0, 0.1) is 17.3 Å². The Labute approximate surface area is 192 Å². The number of hydrogen-bond acceptors (Lipinski definition) is 5. The minimum atomic E-state index is -0.535. The second-order valence-corrected chi connectivity index (χ2v) is 9.09. The first kappa shape index (κ1) is 21.8. The molecule has 1 saturated heterocycles. The lowest BCUT2D eigenvalue weighted by Crippen LogP contribution is -2.51. The van der Waals surface area contributed by atoms with E-state index in [2.05, 4.69) is 35.2 Å². The first-order chi connectivity index (χ1) is 15.4. The molecule has 1 aromatic carbocycles. The number of amidine groups is 1. The molecule has 1 aliphatic rings. The van der Waals surface area contributed by atoms with Crippen LogP contribution < -0.4 is 4.74 Å². The molecule has 0 bridgehead atoms. The van der Waals surface area contributed by atoms with Crippen LogP contribution in [0.15, 0.2) is 54.2 Å². The van der Waals surface area contributed by atoms with Crippen LogP contribution in [0.25, 0.3) is 11.1 Å². The summed E-state index contributed by atoms with van der Waals surface area (Å²) >= 11 is 1.62. The van der Waals surface area contributed by atoms with Gasteiger partial charge in [0.25, 0.3) is 0 Å². The van der Waals surface area contributed by atoms with Crippen molar-refractivity contribution in [2.75, 3.05) is 14.2 Å². The van der Waals surface area contributed by atoms with Gasteiger partial charge in [-0.25, -0.2) is 0 Å². The molecular formula is C26H25N3O2S. The minimum Gasteiger partial charge on any atom is -0.497 e. The summed E-state index contributed by atoms with van der Waals surface area (Å²) in [4.78, 5) is 20.3. The molecule has 162 valence electrons. The minimum absolute atomic E-state index is 0.0641. The molecule has 0 spiro atoms. The van der Waals surface area contributed by atoms with Crippen LogP contribution in [-0.4, -0.2) is 35.8 Å². The van der Waals surface area contributed by atoms with E-state index in [4.69, 9.17) is 10.1 Å². The molecule has 1 unspecified atom stereocenters. The fraction of sp³-hybridized carbons (Fsp3) is 0.269. The van der Waals surface area contributed by atoms with Gasteiger partial charge in [-0.3, -0.25) is 15.2 Å². The quantitative estimate of drug-likeness (QED) is 0.573. The lowest BCUT2D eigenvalue weighted by molar-refractivity contribution is -0.131. The van der Waals surface area contributed by atoms with Crippen LogP contribution in [0.5, 0.6) is 5.75 Å². The number of likely N-dealkylation sites (N-methyl/N-ethyl adjacent to an activating group) is 1. The molecule has 1 amide bonds. The number of rotatable bonds is 4. The SMILES string of the molecule is CC#Cc1cncc(-c2csc([C@@]3(C)CC(=N)N(C)C(=O)C3c3ccc(OC)cc3)c2)c1. The van der Waals surface area contributed by atoms with Gasteiger partial charge >= 0.3 is 0 Å². The van der Waals surface area contributed by atoms with E-state index >= 15 is 0 Å². The third-order valence-electron chi connectivity index (χ3n) is 6.11. The lowest BCUT2D eigenvalue weighted by Gasteiger charge is -2.44. The molecule has 5 nitrogen and oxygen atoms in total. The second-order valence-electron chi connectivity index (χ2n) is 8.18. The van der Waals surface area contributed by atoms with Crippen molar-refractivity contribution in [2.24, 2.45) is 0 Å². The molecular weight excluding hydrogens is 418 g/mol. The zero-order valence-electron chi connectivity index (χ0n) is 18.6. The monoisotopic (exact) mass is 443 g/mol. The number of piperidine rings is 1. The number of likely N-dealkylation sites (tertiary alicyclic amines) is 1. The van der Waals surface area contributed by atoms with Gasteiger partial charge in [-0.15, -0.1) is 17.3 Å². The smallest absolute Gasteiger partial charge is 0.236 e. The highest BCUT2D eigenvalue weighted by atomic mass is 32.1. The van der Waals surface area contributed by atoms with Gasteiger partial charge in [0.05, 0.1) is 13.0 Å². The Morgan fingerprint density at radius 1 is 1.22 bits per heavy atom. The van der Waals surface area contributed by atoms with Crippen molar-refractivity contribution < 1.29 is 9.53 Å². The summed E-state index contributed by atoms with van der Waals surface area (Å²) in [6, 6.07) is 11.8. The van der Waals surface area contributed by atoms with Crippen LogP contribution in [0.2, 0.25) is 0 Å². The van der Waals surface area contributed by atoms with E-state index in [1.807, 2.05) is 43.5 Å². The van der Waals surface area contributed by atoms with Crippen molar-refractivity contribution in [1.82, 2.24) is 9.88 Å². The fourth-order valence-electron chi connectivity index (χ4n) is 4.30. The molecule has 1 aliphatic heterocycles. The summed E-state index contributed by atoms with van der Waals surface area (Å²) in [5.41, 5.74) is 3.30. The normalized spacial score (nSPS) is 20.6. The molecule has 0 saturated carbocycles. The van der Waals surface area contributed by atoms with Crippen molar-refractivity contribution in [2.45, 2.75) is 31.6 Å². The number of amides is 1. The van der Waals surface area contributed by atoms with E-state index < -0.39 is 11.3 Å². The maximum atomic E-state index is 13.4. The predicted octanol–water partition coefficient (Wildman–Crippen LogP) is 5.07. The van der Waals surface area contributed by atoms with Crippen LogP contribution in [0.4, 0.5) is 0 Å². The average Bonchev–Trinajstić information content (AvgIpc) is 3.30. The van der Waals surface area contributed by atoms with Gasteiger partial charge < -0.3 is 9.64 Å². The van der Waals surface area contributed by atoms with Crippen LogP contribution in [-0.2, 0) is 10.2 Å². The molecule has 6 heteroatoms. The number of carbonyl (C=O) groups excluding carboxylic acids is 1. The summed E-state index contributed by atoms with van der Waals surface area (Å²) in [5, 5.41) is 10.6. The van der Waals surface area contributed by atoms with E-state index in [-0.39, 0.29) is 5.91 Å². The number of carbonyl (C=O) groups is 1. The Hall–Kier alpha value is -3.43. The molecule has 2 aromatic heterocycles. The standard InChI is InChI=1S/C26H25N3O2S/c1-5-6-17-11-19(15-28-14-17)20-12-22(32-16-20)26(2)13-23(27)29(3)25(30)24(26)18-7-9-21(31-4)10-8-18/h7-12,14-16,24,27H,13H2,1-4H3/t24?,26-/m1/s1. The first-order valence-electron chi connectivity index (χ1n) is 10.3. The number of methoxy groups -OCH3 is 1. The van der Waals surface area contributed by atoms with Gasteiger partial charge in [-0.1, -0.05) is 25.0 Å². The Bertz CT molecular complexity index is 1240. The highest BCUT2D eigenvalue weighted by Crippen LogP contribution is 2.49. The molecule has 2 atom stereocenters. The molecule has 0 radical (unpaired) electrons. The summed E-state index contributed by atoms with van der Waals surface area (Å²) in [5.74, 6) is 6.59. The number of nitrogens with one attached hydrogen (secondary N) is 1. The maximum Gasteiger partial charge on any atom is 0.236 e. The second kappa shape index (κ2) is 8.60. The Kier molecular flexibility index (Phi) is 5.86. The molecule has 0 aliphatic carbocycles. The van der Waals surface area contributed by atoms with Crippen molar-refractivity contribution >= 4 is 23.1 Å². The number of nitrogens with zero attached hydrogens (tertiary/aromatic N) is 2. The summed E-state index contributed by atoms with van der Waals surface area (Å²) in [6.07, 6.45) is 4.06. The third kappa shape index (κ3) is 3.80. The summed E-state index contributed by atoms with van der Waals surface area (Å²) in [6.45, 7) is 3.90. The Balaban J connectivity index is 1.78. The number of ether oxygens (including phenoxy) is 1. The zero-order valence-corrected chi connectivity index (χ0v) is 19.4. The Morgan fingerprint density at radius 3 is 2.66 bits per heavy atom. The van der Waals surface area contributed by atoms with Crippen molar-refractivity contribution in [3.8, 4) is 28.7 Å². The van der Waals surface area contributed by atoms with Gasteiger partial charge in [0.1, 0.15) is 11.6 Å². The van der Waals surface area contributed by atoms with E-state index in [9.17, 15) is 4.79 Å². The van der Waals surface area contributed by atoms with Gasteiger partial charge in [-0.05, 0) is 47.7 Å². The van der Waals surface area contributed by atoms with E-state index in [1.54, 1.807) is 31.7 Å². The number of benzene rings is 1. The first-order valence-corrected chi connectivity index (χ1v) is 11.2. The highest BCUT2D eigenvalue weighted by Gasteiger charge is 2.49. The summed E-state index contributed by atoms with van der Waals surface area (Å²) in [7, 11) is 3.32. The molecule has 4 rings (SSSR count). The number of hydrogen-bond donors (Lipinski definition) is 1. The van der Waals surface area contributed by atoms with Crippen LogP contribution in [0.3, 0.4) is 0 Å². The molecule has 3 aromatic rings. The Morgan fingerprint density at radius 2 is 1.97 bits per heavy atom. The predicted molar refractivity (Wildman–Crippen MR) is 128 cm³/mol. The number of aromatic nitrogens is 1. The van der Waals surface area contributed by atoms with E-state index in [1.165, 1.54) is 4.90 Å². The van der Waals surface area contributed by atoms with Crippen molar-refractivity contribution in [3.05, 3.63) is 70.2 Å². The van der Waals surface area contributed by atoms with E-state index in [0.717, 1.165) is 32.9 Å². The largest absolute Gasteiger partial charge is 0.497 e. The zero-order chi connectivity index (χ0) is 22.9. The van der Waals surface area contributed by atoms with Gasteiger partial charge in [-0.2, -0.15) is 0 Å². The van der Waals surface area contributed by atoms with Gasteiger partial charge in [0.15, 0.2) is 0 Å². The summed E-state index contributed by atoms with van der Waals surface area (Å²) < 4.78 is 5.29. The van der Waals surface area contributed by atoms with Crippen molar-refractivity contribution in [3.63, 3.8) is 0 Å². The maximum absolute atomic E-state index is 13.4. The van der Waals surface area contributed by atoms with Crippen LogP contribution >= 0.6 is 11.3 Å². The average molecular weight is 444 g/mol. The molecule has 32 heavy (non-hydrogen) atoms. The number of thiophene rings is 1.